The van der Waals surface area contributed by atoms with Gasteiger partial charge in [0.05, 0.1) is 22.4 Å². The summed E-state index contributed by atoms with van der Waals surface area (Å²) >= 11 is 0. The predicted molar refractivity (Wildman–Crippen MR) is 108 cm³/mol. The van der Waals surface area contributed by atoms with Crippen molar-refractivity contribution in [1.82, 2.24) is 15.4 Å². The van der Waals surface area contributed by atoms with Crippen LogP contribution in [-0.4, -0.2) is 9.97 Å². The van der Waals surface area contributed by atoms with Crippen molar-refractivity contribution in [3.63, 3.8) is 0 Å². The normalized spacial score (nSPS) is 11.5. The van der Waals surface area contributed by atoms with Crippen LogP contribution in [0.3, 0.4) is 0 Å². The van der Waals surface area contributed by atoms with E-state index >= 15 is 0 Å². The molecule has 0 aliphatic carbocycles. The molecule has 0 saturated heterocycles. The second-order valence-corrected chi connectivity index (χ2v) is 6.08. The van der Waals surface area contributed by atoms with Gasteiger partial charge >= 0.3 is 0 Å². The monoisotopic (exact) mass is 340 g/mol. The summed E-state index contributed by atoms with van der Waals surface area (Å²) in [6, 6.07) is 28.5. The lowest BCUT2D eigenvalue weighted by atomic mass is 10.2. The third-order valence-electron chi connectivity index (χ3n) is 4.08. The zero-order valence-electron chi connectivity index (χ0n) is 14.6. The van der Waals surface area contributed by atoms with Gasteiger partial charge in [0.2, 0.25) is 0 Å². The Morgan fingerprint density at radius 2 is 1.42 bits per heavy atom. The van der Waals surface area contributed by atoms with Gasteiger partial charge in [-0.2, -0.15) is 0 Å². The molecule has 0 aliphatic rings. The van der Waals surface area contributed by atoms with Crippen LogP contribution in [-0.2, 0) is 0 Å². The Morgan fingerprint density at radius 3 is 2.04 bits per heavy atom. The van der Waals surface area contributed by atoms with E-state index in [2.05, 4.69) is 44.7 Å². The highest BCUT2D eigenvalue weighted by Gasteiger charge is 2.09. The Kier molecular flexibility index (Phi) is 4.39. The first-order valence-electron chi connectivity index (χ1n) is 8.59. The van der Waals surface area contributed by atoms with Crippen LogP contribution in [0.25, 0.3) is 17.1 Å². The van der Waals surface area contributed by atoms with E-state index in [0.29, 0.717) is 0 Å². The average molecular weight is 340 g/mol. The number of imidazole rings is 1. The molecule has 0 fully saturated rings. The summed E-state index contributed by atoms with van der Waals surface area (Å²) in [5.74, 6) is 0.831. The molecular formula is C22H20N4. The number of hydrazine groups is 1. The van der Waals surface area contributed by atoms with Gasteiger partial charge in [-0.05, 0) is 43.3 Å². The van der Waals surface area contributed by atoms with Crippen molar-refractivity contribution in [3.8, 4) is 0 Å². The van der Waals surface area contributed by atoms with Crippen LogP contribution in [0.4, 0.5) is 11.4 Å². The highest BCUT2D eigenvalue weighted by molar-refractivity contribution is 5.76. The quantitative estimate of drug-likeness (QED) is 0.487. The largest absolute Gasteiger partial charge is 0.338 e. The highest BCUT2D eigenvalue weighted by Crippen LogP contribution is 2.23. The lowest BCUT2D eigenvalue weighted by molar-refractivity contribution is 0.833. The number of aromatic amines is 1. The molecule has 0 amide bonds. The number of anilines is 2. The van der Waals surface area contributed by atoms with Crippen LogP contribution in [0.15, 0.2) is 90.6 Å². The lowest BCUT2D eigenvalue weighted by Gasteiger charge is -2.27. The summed E-state index contributed by atoms with van der Waals surface area (Å²) < 4.78 is 0. The molecule has 26 heavy (non-hydrogen) atoms. The van der Waals surface area contributed by atoms with Crippen molar-refractivity contribution in [1.29, 1.82) is 0 Å². The Labute approximate surface area is 152 Å². The van der Waals surface area contributed by atoms with Crippen molar-refractivity contribution >= 4 is 28.5 Å². The molecule has 4 aromatic rings. The number of hydrogen-bond acceptors (Lipinski definition) is 3. The zero-order valence-corrected chi connectivity index (χ0v) is 14.6. The number of hydrogen-bond donors (Lipinski definition) is 2. The van der Waals surface area contributed by atoms with E-state index in [-0.39, 0.29) is 0 Å². The number of rotatable bonds is 5. The maximum atomic E-state index is 4.62. The standard InChI is InChI=1S/C22H20N4/c1-17(16-22-23-20-14-8-9-15-21(20)24-22)25-26(18-10-4-2-5-11-18)19-12-6-3-7-13-19/h2-16,25H,1H3,(H,23,24)/b17-16+. The summed E-state index contributed by atoms with van der Waals surface area (Å²) in [7, 11) is 0. The number of fused-ring (bicyclic) bond motifs is 1. The Bertz CT molecular complexity index is 947. The first-order valence-corrected chi connectivity index (χ1v) is 8.59. The van der Waals surface area contributed by atoms with Crippen LogP contribution in [0.1, 0.15) is 12.7 Å². The summed E-state index contributed by atoms with van der Waals surface area (Å²) in [5, 5.41) is 2.06. The van der Waals surface area contributed by atoms with Crippen LogP contribution in [0, 0.1) is 0 Å². The summed E-state index contributed by atoms with van der Waals surface area (Å²) in [6.45, 7) is 2.03. The lowest BCUT2D eigenvalue weighted by Crippen LogP contribution is -2.32. The van der Waals surface area contributed by atoms with E-state index in [1.54, 1.807) is 0 Å². The molecule has 4 heteroatoms. The average Bonchev–Trinajstić information content (AvgIpc) is 3.09. The first kappa shape index (κ1) is 16.0. The van der Waals surface area contributed by atoms with E-state index in [1.165, 1.54) is 0 Å². The minimum Gasteiger partial charge on any atom is -0.338 e. The van der Waals surface area contributed by atoms with Crippen molar-refractivity contribution in [3.05, 3.63) is 96.5 Å². The van der Waals surface area contributed by atoms with E-state index in [0.717, 1.165) is 33.9 Å². The molecule has 0 saturated carbocycles. The number of benzene rings is 3. The first-order chi connectivity index (χ1) is 12.8. The van der Waals surface area contributed by atoms with Crippen LogP contribution in [0.2, 0.25) is 0 Å². The molecule has 0 bridgehead atoms. The number of nitrogens with one attached hydrogen (secondary N) is 2. The van der Waals surface area contributed by atoms with Gasteiger partial charge in [0.1, 0.15) is 5.82 Å². The topological polar surface area (TPSA) is 44.0 Å². The molecule has 0 unspecified atom stereocenters. The molecule has 0 spiro atoms. The van der Waals surface area contributed by atoms with E-state index < -0.39 is 0 Å². The van der Waals surface area contributed by atoms with E-state index in [4.69, 9.17) is 0 Å². The predicted octanol–water partition coefficient (Wildman–Crippen LogP) is 5.27. The summed E-state index contributed by atoms with van der Waals surface area (Å²) in [4.78, 5) is 7.95. The van der Waals surface area contributed by atoms with Crippen molar-refractivity contribution in [2.24, 2.45) is 0 Å². The van der Waals surface area contributed by atoms with Gasteiger partial charge in [0, 0.05) is 11.8 Å². The molecule has 4 nitrogen and oxygen atoms in total. The molecular weight excluding hydrogens is 320 g/mol. The third kappa shape index (κ3) is 3.44. The van der Waals surface area contributed by atoms with Gasteiger partial charge in [-0.15, -0.1) is 0 Å². The van der Waals surface area contributed by atoms with Crippen LogP contribution < -0.4 is 10.4 Å². The molecule has 0 radical (unpaired) electrons. The molecule has 4 rings (SSSR count). The summed E-state index contributed by atoms with van der Waals surface area (Å²) in [5.41, 5.74) is 8.60. The Hall–Kier alpha value is -3.53. The smallest absolute Gasteiger partial charge is 0.132 e. The number of allylic oxidation sites excluding steroid dienone is 1. The van der Waals surface area contributed by atoms with Gasteiger partial charge in [0.25, 0.3) is 0 Å². The van der Waals surface area contributed by atoms with Gasteiger partial charge < -0.3 is 4.98 Å². The number of aromatic nitrogens is 2. The second kappa shape index (κ2) is 7.15. The maximum absolute atomic E-state index is 4.62. The number of H-pyrrole nitrogens is 1. The van der Waals surface area contributed by atoms with Crippen molar-refractivity contribution in [2.45, 2.75) is 6.92 Å². The van der Waals surface area contributed by atoms with Gasteiger partial charge in [-0.1, -0.05) is 48.5 Å². The minimum absolute atomic E-state index is 0.831. The molecule has 0 aliphatic heterocycles. The van der Waals surface area contributed by atoms with Crippen LogP contribution >= 0.6 is 0 Å². The van der Waals surface area contributed by atoms with Gasteiger partial charge in [-0.25, -0.2) is 4.98 Å². The fourth-order valence-corrected chi connectivity index (χ4v) is 2.89. The zero-order chi connectivity index (χ0) is 17.8. The fourth-order valence-electron chi connectivity index (χ4n) is 2.89. The van der Waals surface area contributed by atoms with Gasteiger partial charge in [-0.3, -0.25) is 10.4 Å². The second-order valence-electron chi connectivity index (χ2n) is 6.08. The number of para-hydroxylation sites is 4. The Morgan fingerprint density at radius 1 is 0.846 bits per heavy atom. The molecule has 3 aromatic carbocycles. The SMILES string of the molecule is C/C(=C\c1nc2ccccc2[nH]1)NN(c1ccccc1)c1ccccc1. The molecule has 2 N–H and O–H groups in total. The molecule has 1 heterocycles. The minimum atomic E-state index is 0.831. The van der Waals surface area contributed by atoms with Crippen LogP contribution in [0.5, 0.6) is 0 Å². The maximum Gasteiger partial charge on any atom is 0.132 e. The molecule has 0 atom stereocenters. The molecule has 1 aromatic heterocycles. The summed E-state index contributed by atoms with van der Waals surface area (Å²) in [6.07, 6.45) is 2.01. The van der Waals surface area contributed by atoms with Crippen molar-refractivity contribution < 1.29 is 0 Å². The Balaban J connectivity index is 1.64. The van der Waals surface area contributed by atoms with E-state index in [9.17, 15) is 0 Å². The third-order valence-corrected chi connectivity index (χ3v) is 4.08. The fraction of sp³-hybridized carbons (Fsp3) is 0.0455. The highest BCUT2D eigenvalue weighted by atomic mass is 15.5. The number of nitrogens with zero attached hydrogens (tertiary/aromatic N) is 2. The van der Waals surface area contributed by atoms with Gasteiger partial charge in [0.15, 0.2) is 0 Å². The molecule has 128 valence electrons. The van der Waals surface area contributed by atoms with E-state index in [1.807, 2.05) is 73.7 Å². The van der Waals surface area contributed by atoms with Crippen molar-refractivity contribution in [2.75, 3.05) is 5.01 Å².